The predicted octanol–water partition coefficient (Wildman–Crippen LogP) is 5.33. The molecule has 0 aliphatic heterocycles. The van der Waals surface area contributed by atoms with Crippen molar-refractivity contribution in [3.63, 3.8) is 0 Å². The van der Waals surface area contributed by atoms with Crippen LogP contribution in [0.15, 0.2) is 77.7 Å². The van der Waals surface area contributed by atoms with E-state index in [2.05, 4.69) is 5.32 Å². The van der Waals surface area contributed by atoms with Crippen molar-refractivity contribution in [3.8, 4) is 5.75 Å². The molecule has 3 aromatic carbocycles. The van der Waals surface area contributed by atoms with Gasteiger partial charge >= 0.3 is 0 Å². The second-order valence-corrected chi connectivity index (χ2v) is 12.6. The summed E-state index contributed by atoms with van der Waals surface area (Å²) in [5.74, 6) is -0.574. The van der Waals surface area contributed by atoms with E-state index in [1.54, 1.807) is 37.3 Å². The summed E-state index contributed by atoms with van der Waals surface area (Å²) in [6.07, 6.45) is 3.92. The number of nitrogens with zero attached hydrogens (tertiary/aromatic N) is 2. The largest absolute Gasteiger partial charge is 0.495 e. The van der Waals surface area contributed by atoms with Gasteiger partial charge in [-0.1, -0.05) is 72.5 Å². The first-order valence-electron chi connectivity index (χ1n) is 13.7. The number of halogens is 1. The SMILES string of the molecule is COc1ccc(Cl)cc1N(CC(=O)N(Cc1ccc(C)cc1)C(C)C(=O)NC1CCCC1)S(=O)(=O)c1ccccc1. The van der Waals surface area contributed by atoms with E-state index in [-0.39, 0.29) is 39.8 Å². The van der Waals surface area contributed by atoms with Gasteiger partial charge in [-0.05, 0) is 62.6 Å². The lowest BCUT2D eigenvalue weighted by atomic mass is 10.1. The zero-order valence-corrected chi connectivity index (χ0v) is 25.1. The molecule has 1 aliphatic carbocycles. The van der Waals surface area contributed by atoms with Gasteiger partial charge in [0.15, 0.2) is 0 Å². The molecule has 8 nitrogen and oxygen atoms in total. The van der Waals surface area contributed by atoms with Crippen molar-refractivity contribution >= 4 is 39.1 Å². The Labute approximate surface area is 247 Å². The number of aryl methyl sites for hydroxylation is 1. The van der Waals surface area contributed by atoms with Crippen LogP contribution >= 0.6 is 11.6 Å². The second kappa shape index (κ2) is 13.4. The molecule has 1 fully saturated rings. The van der Waals surface area contributed by atoms with Gasteiger partial charge in [-0.3, -0.25) is 13.9 Å². The molecule has 0 aromatic heterocycles. The zero-order valence-electron chi connectivity index (χ0n) is 23.5. The summed E-state index contributed by atoms with van der Waals surface area (Å²) in [4.78, 5) is 28.9. The lowest BCUT2D eigenvalue weighted by molar-refractivity contribution is -0.139. The minimum atomic E-state index is -4.23. The van der Waals surface area contributed by atoms with E-state index in [4.69, 9.17) is 16.3 Å². The van der Waals surface area contributed by atoms with Crippen molar-refractivity contribution in [2.75, 3.05) is 18.0 Å². The van der Waals surface area contributed by atoms with Crippen LogP contribution in [0.1, 0.15) is 43.7 Å². The normalized spacial score (nSPS) is 14.3. The number of carbonyl (C=O) groups excluding carboxylic acids is 2. The molecule has 41 heavy (non-hydrogen) atoms. The first-order chi connectivity index (χ1) is 19.6. The third kappa shape index (κ3) is 7.40. The number of anilines is 1. The third-order valence-corrected chi connectivity index (χ3v) is 9.37. The Morgan fingerprint density at radius 2 is 1.68 bits per heavy atom. The van der Waals surface area contributed by atoms with Crippen LogP contribution in [0.25, 0.3) is 0 Å². The molecule has 2 amide bonds. The standard InChI is InChI=1S/C31H36ClN3O5S/c1-22-13-15-24(16-14-22)20-34(23(2)31(37)33-26-9-7-8-10-26)30(36)21-35(28-19-25(32)17-18-29(28)40-3)41(38,39)27-11-5-4-6-12-27/h4-6,11-19,23,26H,7-10,20-21H2,1-3H3,(H,33,37). The Hall–Kier alpha value is -3.56. The van der Waals surface area contributed by atoms with Crippen molar-refractivity contribution in [2.45, 2.75) is 63.1 Å². The van der Waals surface area contributed by atoms with E-state index < -0.39 is 28.5 Å². The lowest BCUT2D eigenvalue weighted by Gasteiger charge is -2.33. The monoisotopic (exact) mass is 597 g/mol. The highest BCUT2D eigenvalue weighted by Crippen LogP contribution is 2.35. The van der Waals surface area contributed by atoms with Crippen LogP contribution in [0.5, 0.6) is 5.75 Å². The fourth-order valence-electron chi connectivity index (χ4n) is 4.96. The van der Waals surface area contributed by atoms with E-state index in [1.165, 1.54) is 30.2 Å². The molecule has 1 aliphatic rings. The number of methoxy groups -OCH3 is 1. The molecule has 1 atom stereocenters. The number of amides is 2. The van der Waals surface area contributed by atoms with Crippen molar-refractivity contribution in [3.05, 3.63) is 88.9 Å². The molecule has 1 saturated carbocycles. The van der Waals surface area contributed by atoms with Gasteiger partial charge in [0, 0.05) is 17.6 Å². The predicted molar refractivity (Wildman–Crippen MR) is 161 cm³/mol. The maximum absolute atomic E-state index is 14.1. The van der Waals surface area contributed by atoms with Crippen LogP contribution in [-0.4, -0.2) is 50.9 Å². The maximum Gasteiger partial charge on any atom is 0.264 e. The van der Waals surface area contributed by atoms with Crippen LogP contribution in [0.2, 0.25) is 5.02 Å². The molecule has 0 spiro atoms. The summed E-state index contributed by atoms with van der Waals surface area (Å²) in [6.45, 7) is 3.20. The van der Waals surface area contributed by atoms with Crippen LogP contribution in [0, 0.1) is 6.92 Å². The summed E-state index contributed by atoms with van der Waals surface area (Å²) in [7, 11) is -2.81. The van der Waals surface area contributed by atoms with Gasteiger partial charge in [0.2, 0.25) is 11.8 Å². The average molecular weight is 598 g/mol. The topological polar surface area (TPSA) is 96.0 Å². The van der Waals surface area contributed by atoms with E-state index >= 15 is 0 Å². The van der Waals surface area contributed by atoms with Crippen molar-refractivity contribution in [1.29, 1.82) is 0 Å². The summed E-state index contributed by atoms with van der Waals surface area (Å²) in [5.41, 5.74) is 2.00. The Kier molecular flexibility index (Phi) is 9.94. The zero-order chi connectivity index (χ0) is 29.6. The fourth-order valence-corrected chi connectivity index (χ4v) is 6.56. The minimum absolute atomic E-state index is 0.00642. The summed E-state index contributed by atoms with van der Waals surface area (Å²) < 4.78 is 34.4. The molecule has 1 N–H and O–H groups in total. The number of rotatable bonds is 11. The molecule has 0 bridgehead atoms. The van der Waals surface area contributed by atoms with Crippen LogP contribution in [-0.2, 0) is 26.2 Å². The van der Waals surface area contributed by atoms with Gasteiger partial charge in [-0.15, -0.1) is 0 Å². The molecule has 0 saturated heterocycles. The lowest BCUT2D eigenvalue weighted by Crippen LogP contribution is -2.52. The molecular formula is C31H36ClN3O5S. The summed E-state index contributed by atoms with van der Waals surface area (Å²) in [6, 6.07) is 19.4. The van der Waals surface area contributed by atoms with Gasteiger partial charge in [0.05, 0.1) is 17.7 Å². The number of hydrogen-bond acceptors (Lipinski definition) is 5. The van der Waals surface area contributed by atoms with Gasteiger partial charge in [0.1, 0.15) is 18.3 Å². The fraction of sp³-hybridized carbons (Fsp3) is 0.355. The molecule has 10 heteroatoms. The van der Waals surface area contributed by atoms with Gasteiger partial charge in [-0.2, -0.15) is 0 Å². The Morgan fingerprint density at radius 3 is 2.32 bits per heavy atom. The molecular weight excluding hydrogens is 562 g/mol. The number of nitrogens with one attached hydrogen (secondary N) is 1. The molecule has 3 aromatic rings. The van der Waals surface area contributed by atoms with Crippen molar-refractivity contribution in [2.24, 2.45) is 0 Å². The van der Waals surface area contributed by atoms with E-state index in [1.807, 2.05) is 31.2 Å². The van der Waals surface area contributed by atoms with Crippen molar-refractivity contribution in [1.82, 2.24) is 10.2 Å². The molecule has 4 rings (SSSR count). The summed E-state index contributed by atoms with van der Waals surface area (Å²) >= 11 is 6.28. The number of carbonyl (C=O) groups is 2. The molecule has 1 unspecified atom stereocenters. The number of sulfonamides is 1. The van der Waals surface area contributed by atoms with Gasteiger partial charge in [-0.25, -0.2) is 8.42 Å². The Morgan fingerprint density at radius 1 is 1.02 bits per heavy atom. The van der Waals surface area contributed by atoms with E-state index in [9.17, 15) is 18.0 Å². The van der Waals surface area contributed by atoms with E-state index in [0.717, 1.165) is 41.1 Å². The molecule has 0 radical (unpaired) electrons. The highest BCUT2D eigenvalue weighted by molar-refractivity contribution is 7.92. The van der Waals surface area contributed by atoms with Crippen LogP contribution < -0.4 is 14.4 Å². The second-order valence-electron chi connectivity index (χ2n) is 10.3. The number of ether oxygens (including phenoxy) is 1. The Bertz CT molecular complexity index is 1460. The van der Waals surface area contributed by atoms with E-state index in [0.29, 0.717) is 0 Å². The van der Waals surface area contributed by atoms with Gasteiger partial charge in [0.25, 0.3) is 10.0 Å². The molecule has 0 heterocycles. The average Bonchev–Trinajstić information content (AvgIpc) is 3.48. The first kappa shape index (κ1) is 30.4. The third-order valence-electron chi connectivity index (χ3n) is 7.36. The highest BCUT2D eigenvalue weighted by atomic mass is 35.5. The Balaban J connectivity index is 1.72. The maximum atomic E-state index is 14.1. The van der Waals surface area contributed by atoms with Gasteiger partial charge < -0.3 is 15.0 Å². The first-order valence-corrected chi connectivity index (χ1v) is 15.5. The summed E-state index contributed by atoms with van der Waals surface area (Å²) in [5, 5.41) is 3.35. The molecule has 218 valence electrons. The van der Waals surface area contributed by atoms with Crippen molar-refractivity contribution < 1.29 is 22.7 Å². The quantitative estimate of drug-likeness (QED) is 0.322. The highest BCUT2D eigenvalue weighted by Gasteiger charge is 2.34. The number of benzene rings is 3. The van der Waals surface area contributed by atoms with Crippen LogP contribution in [0.3, 0.4) is 0 Å². The van der Waals surface area contributed by atoms with Crippen LogP contribution in [0.4, 0.5) is 5.69 Å². The number of hydrogen-bond donors (Lipinski definition) is 1. The smallest absolute Gasteiger partial charge is 0.264 e. The minimum Gasteiger partial charge on any atom is -0.495 e.